The molecule has 0 amide bonds. The molecule has 0 atom stereocenters. The molecule has 0 aromatic carbocycles. The standard InChI is InChI=1S/C55H3/c1-3-5-7-9-11-13-15-17-19-21-23-25-27-29-31-33-35-37-39-41-43-45-47-49-51-53-55-54-52-50-48-46-44-42-40-38-36-34-32-30-28-26-24-22-20-18-16-14-12-10-8-6-4-2/h1H,2H2/q-1. The Morgan fingerprint density at radius 1 is 0.145 bits per heavy atom. The summed E-state index contributed by atoms with van der Waals surface area (Å²) < 4.78 is 0. The molecule has 0 rings (SSSR count). The minimum absolute atomic E-state index is 2.12. The second-order valence-electron chi connectivity index (χ2n) is 6.70. The van der Waals surface area contributed by atoms with Crippen LogP contribution in [-0.4, -0.2) is 0 Å². The van der Waals surface area contributed by atoms with Crippen LogP contribution in [0.5, 0.6) is 0 Å². The largest absolute Gasteiger partial charge is 0.284 e. The van der Waals surface area contributed by atoms with Crippen LogP contribution in [0.2, 0.25) is 0 Å². The van der Waals surface area contributed by atoms with Crippen molar-refractivity contribution in [3.63, 3.8) is 0 Å². The smallest absolute Gasteiger partial charge is 0 e. The van der Waals surface area contributed by atoms with Crippen LogP contribution in [0.4, 0.5) is 0 Å². The first-order valence-corrected chi connectivity index (χ1v) is 13.6. The van der Waals surface area contributed by atoms with Crippen molar-refractivity contribution in [1.29, 1.82) is 0 Å². The monoisotopic (exact) mass is 663 g/mol. The molecule has 0 radical (unpaired) electrons. The Hall–Kier alpha value is -12.0. The van der Waals surface area contributed by atoms with Crippen molar-refractivity contribution >= 4 is 0 Å². The summed E-state index contributed by atoms with van der Waals surface area (Å²) in [6, 6.07) is 0. The van der Waals surface area contributed by atoms with Crippen LogP contribution in [0.25, 0.3) is 0 Å². The van der Waals surface area contributed by atoms with Gasteiger partial charge in [-0.15, -0.1) is 12.3 Å². The van der Waals surface area contributed by atoms with Crippen LogP contribution in [0, 0.1) is 327 Å². The summed E-state index contributed by atoms with van der Waals surface area (Å²) in [4.78, 5) is 0. The average Bonchev–Trinajstić information content (AvgIpc) is 3.20. The lowest BCUT2D eigenvalue weighted by Gasteiger charge is -1.64. The predicted octanol–water partition coefficient (Wildman–Crippen LogP) is 0.542. The Morgan fingerprint density at radius 2 is 0.236 bits per heavy atom. The number of hydrogen-bond donors (Lipinski definition) is 0. The van der Waals surface area contributed by atoms with Crippen molar-refractivity contribution in [2.24, 2.45) is 0 Å². The second-order valence-corrected chi connectivity index (χ2v) is 6.70. The Morgan fingerprint density at radius 3 is 0.327 bits per heavy atom. The summed E-state index contributed by atoms with van der Waals surface area (Å²) >= 11 is 0. The number of rotatable bonds is 0. The van der Waals surface area contributed by atoms with Gasteiger partial charge in [0.1, 0.15) is 0 Å². The quantitative estimate of drug-likeness (QED) is 0.263. The maximum atomic E-state index is 4.94. The van der Waals surface area contributed by atoms with E-state index in [-0.39, 0.29) is 0 Å². The molecule has 0 bridgehead atoms. The first-order valence-electron chi connectivity index (χ1n) is 13.6. The van der Waals surface area contributed by atoms with Gasteiger partial charge in [0.2, 0.25) is 0 Å². The van der Waals surface area contributed by atoms with Gasteiger partial charge in [0, 0.05) is 201 Å². The summed E-state index contributed by atoms with van der Waals surface area (Å²) in [7, 11) is 0. The summed E-state index contributed by atoms with van der Waals surface area (Å²) in [5.74, 6) is 131. The Labute approximate surface area is 325 Å². The van der Waals surface area contributed by atoms with Crippen LogP contribution in [0.3, 0.4) is 0 Å². The van der Waals surface area contributed by atoms with E-state index >= 15 is 0 Å². The van der Waals surface area contributed by atoms with Gasteiger partial charge in [0.25, 0.3) is 0 Å². The van der Waals surface area contributed by atoms with E-state index < -0.39 is 0 Å². The molecule has 0 saturated heterocycles. The molecule has 0 aliphatic heterocycles. The van der Waals surface area contributed by atoms with Gasteiger partial charge in [-0.2, -0.15) is 6.92 Å². The van der Waals surface area contributed by atoms with E-state index in [1.54, 1.807) is 0 Å². The normalized spacial score (nSPS) is 3.91. The van der Waals surface area contributed by atoms with Gasteiger partial charge in [-0.3, -0.25) is 5.92 Å². The Balaban J connectivity index is 4.57. The van der Waals surface area contributed by atoms with Gasteiger partial charge in [-0.25, -0.2) is 5.92 Å². The first-order chi connectivity index (χ1) is 27.4. The maximum absolute atomic E-state index is 4.94. The summed E-state index contributed by atoms with van der Waals surface area (Å²) in [6.07, 6.45) is 4.94. The zero-order valence-corrected chi connectivity index (χ0v) is 27.8. The van der Waals surface area contributed by atoms with Crippen LogP contribution in [0.1, 0.15) is 0 Å². The van der Waals surface area contributed by atoms with Crippen molar-refractivity contribution in [1.82, 2.24) is 0 Å². The zero-order chi connectivity index (χ0) is 39.5. The van der Waals surface area contributed by atoms with Crippen molar-refractivity contribution in [2.45, 2.75) is 0 Å². The third-order valence-corrected chi connectivity index (χ3v) is 3.29. The molecule has 0 spiro atoms. The predicted molar refractivity (Wildman–Crippen MR) is 216 cm³/mol. The Kier molecular flexibility index (Phi) is 32.8. The van der Waals surface area contributed by atoms with E-state index in [2.05, 4.69) is 321 Å². The summed E-state index contributed by atoms with van der Waals surface area (Å²) in [5.41, 5.74) is 0. The summed E-state index contributed by atoms with van der Waals surface area (Å²) in [5, 5.41) is 0. The SMILES string of the molecule is C#CC#CC#CC#CC#CC#CC#CC#CC#CC#CC#CC#CC#CC#CC#CC#CC#CC#CC#CC#CC#CC#CC#CC#CC#CC#CC#C[CH2-]. The first kappa shape index (κ1) is 43.0. The van der Waals surface area contributed by atoms with Crippen LogP contribution in [-0.2, 0) is 0 Å². The highest BCUT2D eigenvalue weighted by molar-refractivity contribution is 5.51. The maximum Gasteiger partial charge on any atom is 0 e. The lowest BCUT2D eigenvalue weighted by Crippen LogP contribution is -1.57. The van der Waals surface area contributed by atoms with Crippen LogP contribution in [0.15, 0.2) is 0 Å². The third kappa shape index (κ3) is 42.0. The van der Waals surface area contributed by atoms with E-state index in [0.29, 0.717) is 0 Å². The topological polar surface area (TPSA) is 0 Å². The molecule has 0 aliphatic carbocycles. The highest BCUT2D eigenvalue weighted by Gasteiger charge is 1.62. The fourth-order valence-electron chi connectivity index (χ4n) is 1.61. The molecule has 0 aliphatic rings. The van der Waals surface area contributed by atoms with E-state index in [4.69, 9.17) is 6.42 Å². The van der Waals surface area contributed by atoms with E-state index in [9.17, 15) is 0 Å². The van der Waals surface area contributed by atoms with Crippen LogP contribution < -0.4 is 0 Å². The van der Waals surface area contributed by atoms with Crippen molar-refractivity contribution in [2.75, 3.05) is 0 Å². The molecule has 55 heavy (non-hydrogen) atoms. The van der Waals surface area contributed by atoms with Gasteiger partial charge < -0.3 is 0 Å². The van der Waals surface area contributed by atoms with Gasteiger partial charge in [0.15, 0.2) is 0 Å². The van der Waals surface area contributed by atoms with Crippen LogP contribution >= 0.6 is 0 Å². The van der Waals surface area contributed by atoms with Crippen molar-refractivity contribution in [3.8, 4) is 320 Å². The third-order valence-electron chi connectivity index (χ3n) is 3.29. The van der Waals surface area contributed by atoms with E-state index in [1.165, 1.54) is 0 Å². The molecule has 224 valence electrons. The molecule has 0 unspecified atom stereocenters. The van der Waals surface area contributed by atoms with Gasteiger partial charge in [-0.05, 0) is 94.7 Å². The zero-order valence-electron chi connectivity index (χ0n) is 27.8. The lowest BCUT2D eigenvalue weighted by atomic mass is 10.4. The van der Waals surface area contributed by atoms with Gasteiger partial charge >= 0.3 is 0 Å². The minimum atomic E-state index is 2.12. The molecule has 0 saturated carbocycles. The molecule has 0 aromatic heterocycles. The molecule has 0 aromatic rings. The second kappa shape index (κ2) is 42.0. The number of terminal acetylenes is 1. The van der Waals surface area contributed by atoms with E-state index in [0.717, 1.165) is 0 Å². The highest BCUT2D eigenvalue weighted by Crippen LogP contribution is 1.62. The molecular weight excluding hydrogens is 661 g/mol. The number of hydrogen-bond acceptors (Lipinski definition) is 0. The average molecular weight is 664 g/mol. The highest BCUT2D eigenvalue weighted by atomic mass is 13.6. The molecule has 0 heterocycles. The van der Waals surface area contributed by atoms with Crippen molar-refractivity contribution in [3.05, 3.63) is 6.92 Å². The lowest BCUT2D eigenvalue weighted by molar-refractivity contribution is 2.31. The molecule has 0 N–H and O–H groups in total. The fourth-order valence-corrected chi connectivity index (χ4v) is 1.61. The van der Waals surface area contributed by atoms with Gasteiger partial charge in [-0.1, -0.05) is 0 Å². The Bertz CT molecular complexity index is 3410. The van der Waals surface area contributed by atoms with Crippen molar-refractivity contribution < 1.29 is 0 Å². The fraction of sp³-hybridized carbons (Fsp3) is 0. The van der Waals surface area contributed by atoms with Gasteiger partial charge in [0.05, 0.1) is 0 Å². The molecule has 0 heteroatoms. The molecule has 0 fully saturated rings. The molecule has 0 nitrogen and oxygen atoms in total. The minimum Gasteiger partial charge on any atom is -0.284 e. The molecular formula is C55H3-. The summed E-state index contributed by atoms with van der Waals surface area (Å²) in [6.45, 7) is 3.31. The van der Waals surface area contributed by atoms with E-state index in [1.807, 2.05) is 0 Å².